The molecule has 1 rings (SSSR count). The van der Waals surface area contributed by atoms with Gasteiger partial charge < -0.3 is 14.8 Å². The third kappa shape index (κ3) is 6.39. The van der Waals surface area contributed by atoms with Crippen molar-refractivity contribution in [3.05, 3.63) is 23.8 Å². The van der Waals surface area contributed by atoms with Crippen molar-refractivity contribution in [3.63, 3.8) is 0 Å². The number of carbonyl (C=O) groups excluding carboxylic acids is 1. The first kappa shape index (κ1) is 21.0. The molecule has 0 aliphatic carbocycles. The molecule has 0 bridgehead atoms. The number of nitriles is 1. The van der Waals surface area contributed by atoms with Crippen LogP contribution in [0.25, 0.3) is 0 Å². The molecular weight excluding hydrogens is 316 g/mol. The molecule has 0 unspecified atom stereocenters. The summed E-state index contributed by atoms with van der Waals surface area (Å²) in [4.78, 5) is 12.8. The highest BCUT2D eigenvalue weighted by atomic mass is 16.5. The Bertz CT molecular complexity index is 595. The predicted octanol–water partition coefficient (Wildman–Crippen LogP) is 4.66. The van der Waals surface area contributed by atoms with Gasteiger partial charge in [-0.1, -0.05) is 33.1 Å². The summed E-state index contributed by atoms with van der Waals surface area (Å²) in [5, 5.41) is 12.1. The van der Waals surface area contributed by atoms with Crippen molar-refractivity contribution in [1.82, 2.24) is 0 Å². The average Bonchev–Trinajstić information content (AvgIpc) is 2.61. The summed E-state index contributed by atoms with van der Waals surface area (Å²) in [6.07, 6.45) is 4.64. The largest absolute Gasteiger partial charge is 0.492 e. The van der Waals surface area contributed by atoms with Crippen molar-refractivity contribution in [1.29, 1.82) is 5.26 Å². The van der Waals surface area contributed by atoms with Gasteiger partial charge in [-0.15, -0.1) is 0 Å². The fourth-order valence-corrected chi connectivity index (χ4v) is 2.53. The van der Waals surface area contributed by atoms with E-state index in [0.29, 0.717) is 36.6 Å². The lowest BCUT2D eigenvalue weighted by Gasteiger charge is -2.29. The quantitative estimate of drug-likeness (QED) is 0.591. The summed E-state index contributed by atoms with van der Waals surface area (Å²) in [6.45, 7) is 8.89. The normalized spacial score (nSPS) is 12.9. The lowest BCUT2D eigenvalue weighted by atomic mass is 9.96. The first-order valence-corrected chi connectivity index (χ1v) is 9.13. The van der Waals surface area contributed by atoms with Crippen LogP contribution in [0, 0.1) is 11.3 Å². The Morgan fingerprint density at radius 2 is 2.00 bits per heavy atom. The molecule has 5 heteroatoms. The van der Waals surface area contributed by atoms with Gasteiger partial charge in [-0.25, -0.2) is 0 Å². The monoisotopic (exact) mass is 346 g/mol. The minimum Gasteiger partial charge on any atom is -0.492 e. The van der Waals surface area contributed by atoms with E-state index in [4.69, 9.17) is 9.47 Å². The Kier molecular flexibility index (Phi) is 9.01. The predicted molar refractivity (Wildman–Crippen MR) is 99.7 cm³/mol. The van der Waals surface area contributed by atoms with E-state index >= 15 is 0 Å². The molecule has 0 fully saturated rings. The maximum atomic E-state index is 12.8. The highest BCUT2D eigenvalue weighted by molar-refractivity contribution is 5.97. The summed E-state index contributed by atoms with van der Waals surface area (Å²) in [6, 6.07) is 7.19. The van der Waals surface area contributed by atoms with Gasteiger partial charge >= 0.3 is 0 Å². The molecule has 0 aromatic heterocycles. The van der Waals surface area contributed by atoms with Gasteiger partial charge in [0.25, 0.3) is 5.91 Å². The first-order valence-electron chi connectivity index (χ1n) is 9.13. The Labute approximate surface area is 151 Å². The number of nitrogens with one attached hydrogen (secondary N) is 1. The van der Waals surface area contributed by atoms with Gasteiger partial charge in [-0.05, 0) is 44.9 Å². The molecule has 1 aromatic carbocycles. The molecule has 25 heavy (non-hydrogen) atoms. The fraction of sp³-hybridized carbons (Fsp3) is 0.600. The third-order valence-corrected chi connectivity index (χ3v) is 4.02. The zero-order valence-corrected chi connectivity index (χ0v) is 15.9. The first-order chi connectivity index (χ1) is 12.0. The van der Waals surface area contributed by atoms with Crippen LogP contribution in [0.1, 0.15) is 65.4 Å². The van der Waals surface area contributed by atoms with Crippen LogP contribution in [0.15, 0.2) is 18.2 Å². The second kappa shape index (κ2) is 10.7. The standard InChI is InChI=1S/C20H30N2O3/c1-5-8-9-12-20(4,25-13-6-2)19(23)22-17-10-11-18(24-7-3)16(14-17)15-21/h10-11,14H,5-9,12-13H2,1-4H3,(H,22,23)/t20-/m0/s1. The summed E-state index contributed by atoms with van der Waals surface area (Å²) < 4.78 is 11.3. The van der Waals surface area contributed by atoms with Crippen LogP contribution < -0.4 is 10.1 Å². The summed E-state index contributed by atoms with van der Waals surface area (Å²) >= 11 is 0. The third-order valence-electron chi connectivity index (χ3n) is 4.02. The van der Waals surface area contributed by atoms with Gasteiger partial charge in [0.05, 0.1) is 12.2 Å². The molecule has 1 aromatic rings. The maximum Gasteiger partial charge on any atom is 0.256 e. The SMILES string of the molecule is CCCCC[C@](C)(OCCC)C(=O)Nc1ccc(OCC)c(C#N)c1. The molecule has 0 heterocycles. The van der Waals surface area contributed by atoms with Crippen LogP contribution >= 0.6 is 0 Å². The average molecular weight is 346 g/mol. The van der Waals surface area contributed by atoms with Crippen LogP contribution in [0.3, 0.4) is 0 Å². The topological polar surface area (TPSA) is 71.3 Å². The van der Waals surface area contributed by atoms with E-state index in [2.05, 4.69) is 18.3 Å². The summed E-state index contributed by atoms with van der Waals surface area (Å²) in [7, 11) is 0. The minimum absolute atomic E-state index is 0.176. The zero-order valence-electron chi connectivity index (χ0n) is 15.9. The van der Waals surface area contributed by atoms with Gasteiger partial charge in [-0.3, -0.25) is 4.79 Å². The van der Waals surface area contributed by atoms with E-state index in [-0.39, 0.29) is 5.91 Å². The van der Waals surface area contributed by atoms with Crippen LogP contribution in [0.5, 0.6) is 5.75 Å². The van der Waals surface area contributed by atoms with Gasteiger partial charge in [0, 0.05) is 12.3 Å². The highest BCUT2D eigenvalue weighted by Crippen LogP contribution is 2.25. The van der Waals surface area contributed by atoms with Crippen LogP contribution in [-0.2, 0) is 9.53 Å². The van der Waals surface area contributed by atoms with E-state index in [1.807, 2.05) is 20.8 Å². The highest BCUT2D eigenvalue weighted by Gasteiger charge is 2.33. The number of unbranched alkanes of at least 4 members (excludes halogenated alkanes) is 2. The Morgan fingerprint density at radius 1 is 1.24 bits per heavy atom. The number of carbonyl (C=O) groups is 1. The smallest absolute Gasteiger partial charge is 0.256 e. The number of benzene rings is 1. The molecule has 0 aliphatic heterocycles. The molecule has 0 radical (unpaired) electrons. The van der Waals surface area contributed by atoms with Crippen molar-refractivity contribution in [2.45, 2.75) is 65.4 Å². The second-order valence-electron chi connectivity index (χ2n) is 6.25. The zero-order chi connectivity index (χ0) is 18.7. The van der Waals surface area contributed by atoms with Gasteiger partial charge in [0.15, 0.2) is 0 Å². The van der Waals surface area contributed by atoms with E-state index in [0.717, 1.165) is 25.7 Å². The molecule has 1 amide bonds. The molecule has 0 spiro atoms. The van der Waals surface area contributed by atoms with E-state index < -0.39 is 5.60 Å². The Hall–Kier alpha value is -2.06. The lowest BCUT2D eigenvalue weighted by Crippen LogP contribution is -2.43. The van der Waals surface area contributed by atoms with Crippen molar-refractivity contribution >= 4 is 11.6 Å². The molecule has 5 nitrogen and oxygen atoms in total. The molecule has 0 saturated heterocycles. The fourth-order valence-electron chi connectivity index (χ4n) is 2.53. The van der Waals surface area contributed by atoms with Crippen LogP contribution in [-0.4, -0.2) is 24.7 Å². The van der Waals surface area contributed by atoms with Gasteiger partial charge in [0.2, 0.25) is 0 Å². The molecular formula is C20H30N2O3. The number of amides is 1. The van der Waals surface area contributed by atoms with E-state index in [9.17, 15) is 10.1 Å². The maximum absolute atomic E-state index is 12.8. The second-order valence-corrected chi connectivity index (χ2v) is 6.25. The number of ether oxygens (including phenoxy) is 2. The summed E-state index contributed by atoms with van der Waals surface area (Å²) in [5.74, 6) is 0.348. The number of hydrogen-bond donors (Lipinski definition) is 1. The Balaban J connectivity index is 2.89. The van der Waals surface area contributed by atoms with Gasteiger partial charge in [-0.2, -0.15) is 5.26 Å². The van der Waals surface area contributed by atoms with Crippen molar-refractivity contribution in [3.8, 4) is 11.8 Å². The van der Waals surface area contributed by atoms with E-state index in [1.165, 1.54) is 0 Å². The van der Waals surface area contributed by atoms with Crippen molar-refractivity contribution < 1.29 is 14.3 Å². The number of anilines is 1. The number of hydrogen-bond acceptors (Lipinski definition) is 4. The molecule has 1 N–H and O–H groups in total. The van der Waals surface area contributed by atoms with Gasteiger partial charge in [0.1, 0.15) is 17.4 Å². The molecule has 1 atom stereocenters. The minimum atomic E-state index is -0.865. The van der Waals surface area contributed by atoms with Crippen molar-refractivity contribution in [2.24, 2.45) is 0 Å². The van der Waals surface area contributed by atoms with Crippen molar-refractivity contribution in [2.75, 3.05) is 18.5 Å². The molecule has 0 aliphatic rings. The molecule has 138 valence electrons. The lowest BCUT2D eigenvalue weighted by molar-refractivity contribution is -0.140. The van der Waals surface area contributed by atoms with Crippen LogP contribution in [0.4, 0.5) is 5.69 Å². The Morgan fingerprint density at radius 3 is 2.60 bits per heavy atom. The van der Waals surface area contributed by atoms with E-state index in [1.54, 1.807) is 18.2 Å². The summed E-state index contributed by atoms with van der Waals surface area (Å²) in [5.41, 5.74) is 0.116. The molecule has 0 saturated carbocycles. The number of nitrogens with zero attached hydrogens (tertiary/aromatic N) is 1. The van der Waals surface area contributed by atoms with Crippen LogP contribution in [0.2, 0.25) is 0 Å². The number of rotatable bonds is 11.